The summed E-state index contributed by atoms with van der Waals surface area (Å²) in [6.45, 7) is 3.33. The van der Waals surface area contributed by atoms with Gasteiger partial charge in [-0.15, -0.1) is 0 Å². The summed E-state index contributed by atoms with van der Waals surface area (Å²) >= 11 is 0. The van der Waals surface area contributed by atoms with Crippen LogP contribution in [0.2, 0.25) is 0 Å². The van der Waals surface area contributed by atoms with Crippen LogP contribution in [0, 0.1) is 11.3 Å². The van der Waals surface area contributed by atoms with Gasteiger partial charge in [-0.05, 0) is 30.7 Å². The van der Waals surface area contributed by atoms with Crippen LogP contribution < -0.4 is 10.1 Å². The zero-order valence-electron chi connectivity index (χ0n) is 10.8. The summed E-state index contributed by atoms with van der Waals surface area (Å²) in [4.78, 5) is 0. The van der Waals surface area contributed by atoms with E-state index in [2.05, 4.69) is 12.2 Å². The van der Waals surface area contributed by atoms with Crippen molar-refractivity contribution in [3.8, 4) is 11.8 Å². The molecule has 98 valence electrons. The fourth-order valence-corrected chi connectivity index (χ4v) is 1.64. The predicted molar refractivity (Wildman–Crippen MR) is 73.0 cm³/mol. The molecule has 0 aliphatic rings. The first-order valence-corrected chi connectivity index (χ1v) is 6.27. The lowest BCUT2D eigenvalue weighted by atomic mass is 10.3. The first-order valence-electron chi connectivity index (χ1n) is 6.27. The molecule has 0 saturated carbocycles. The largest absolute Gasteiger partial charge is 0.494 e. The molecule has 0 spiro atoms. The van der Waals surface area contributed by atoms with Gasteiger partial charge in [0.25, 0.3) is 0 Å². The average Bonchev–Trinajstić information content (AvgIpc) is 2.91. The Hall–Kier alpha value is -2.41. The SMILES string of the molecule is CCCOc1cccc(NCc2ccc(C#N)o2)c1. The Labute approximate surface area is 112 Å². The van der Waals surface area contributed by atoms with Gasteiger partial charge < -0.3 is 14.5 Å². The van der Waals surface area contributed by atoms with Crippen LogP contribution in [-0.2, 0) is 6.54 Å². The minimum atomic E-state index is 0.330. The second-order valence-electron chi connectivity index (χ2n) is 4.11. The Bertz CT molecular complexity index is 570. The first-order chi connectivity index (χ1) is 9.31. The van der Waals surface area contributed by atoms with Crippen LogP contribution in [0.4, 0.5) is 5.69 Å². The number of nitrogens with one attached hydrogen (secondary N) is 1. The Kier molecular flexibility index (Phi) is 4.46. The number of nitriles is 1. The number of anilines is 1. The average molecular weight is 256 g/mol. The topological polar surface area (TPSA) is 58.2 Å². The van der Waals surface area contributed by atoms with Crippen molar-refractivity contribution in [2.75, 3.05) is 11.9 Å². The molecule has 1 N–H and O–H groups in total. The molecule has 0 amide bonds. The van der Waals surface area contributed by atoms with E-state index < -0.39 is 0 Å². The second kappa shape index (κ2) is 6.50. The molecule has 4 heteroatoms. The van der Waals surface area contributed by atoms with Gasteiger partial charge in [0.15, 0.2) is 0 Å². The molecule has 19 heavy (non-hydrogen) atoms. The molecule has 0 unspecified atom stereocenters. The highest BCUT2D eigenvalue weighted by Gasteiger charge is 2.01. The predicted octanol–water partition coefficient (Wildman–Crippen LogP) is 3.55. The molecular weight excluding hydrogens is 240 g/mol. The van der Waals surface area contributed by atoms with E-state index in [0.717, 1.165) is 23.6 Å². The Morgan fingerprint density at radius 1 is 1.32 bits per heavy atom. The maximum atomic E-state index is 8.67. The van der Waals surface area contributed by atoms with E-state index in [4.69, 9.17) is 14.4 Å². The lowest BCUT2D eigenvalue weighted by molar-refractivity contribution is 0.317. The quantitative estimate of drug-likeness (QED) is 0.858. The van der Waals surface area contributed by atoms with Crippen molar-refractivity contribution >= 4 is 5.69 Å². The van der Waals surface area contributed by atoms with E-state index in [1.165, 1.54) is 0 Å². The highest BCUT2D eigenvalue weighted by atomic mass is 16.5. The fourth-order valence-electron chi connectivity index (χ4n) is 1.64. The monoisotopic (exact) mass is 256 g/mol. The van der Waals surface area contributed by atoms with Crippen LogP contribution in [0.5, 0.6) is 5.75 Å². The van der Waals surface area contributed by atoms with E-state index in [0.29, 0.717) is 18.9 Å². The molecule has 2 aromatic rings. The molecule has 0 saturated heterocycles. The molecule has 0 radical (unpaired) electrons. The molecule has 0 aliphatic heterocycles. The minimum Gasteiger partial charge on any atom is -0.494 e. The Morgan fingerprint density at radius 3 is 2.95 bits per heavy atom. The van der Waals surface area contributed by atoms with E-state index in [1.54, 1.807) is 12.1 Å². The van der Waals surface area contributed by atoms with E-state index >= 15 is 0 Å². The van der Waals surface area contributed by atoms with Gasteiger partial charge in [0.05, 0.1) is 13.2 Å². The van der Waals surface area contributed by atoms with Gasteiger partial charge in [0, 0.05) is 11.8 Å². The molecular formula is C15H16N2O2. The van der Waals surface area contributed by atoms with Crippen molar-refractivity contribution in [3.63, 3.8) is 0 Å². The van der Waals surface area contributed by atoms with Crippen LogP contribution in [0.1, 0.15) is 24.9 Å². The number of rotatable bonds is 6. The molecule has 0 atom stereocenters. The Balaban J connectivity index is 1.93. The normalized spacial score (nSPS) is 9.89. The molecule has 2 rings (SSSR count). The van der Waals surface area contributed by atoms with Crippen molar-refractivity contribution in [2.45, 2.75) is 19.9 Å². The number of hydrogen-bond acceptors (Lipinski definition) is 4. The van der Waals surface area contributed by atoms with Gasteiger partial charge in [-0.1, -0.05) is 13.0 Å². The molecule has 1 heterocycles. The summed E-state index contributed by atoms with van der Waals surface area (Å²) < 4.78 is 10.9. The molecule has 4 nitrogen and oxygen atoms in total. The Morgan fingerprint density at radius 2 is 2.21 bits per heavy atom. The van der Waals surface area contributed by atoms with Crippen LogP contribution in [-0.4, -0.2) is 6.61 Å². The van der Waals surface area contributed by atoms with Gasteiger partial charge in [0.1, 0.15) is 17.6 Å². The fraction of sp³-hybridized carbons (Fsp3) is 0.267. The van der Waals surface area contributed by atoms with Crippen molar-refractivity contribution in [1.29, 1.82) is 5.26 Å². The lowest BCUT2D eigenvalue weighted by Crippen LogP contribution is -1.99. The van der Waals surface area contributed by atoms with Crippen molar-refractivity contribution in [3.05, 3.63) is 47.9 Å². The summed E-state index contributed by atoms with van der Waals surface area (Å²) in [5.41, 5.74) is 0.962. The third-order valence-electron chi connectivity index (χ3n) is 2.55. The summed E-state index contributed by atoms with van der Waals surface area (Å²) in [6, 6.07) is 13.2. The van der Waals surface area contributed by atoms with Gasteiger partial charge in [-0.3, -0.25) is 0 Å². The number of furan rings is 1. The molecule has 1 aromatic heterocycles. The highest BCUT2D eigenvalue weighted by Crippen LogP contribution is 2.18. The van der Waals surface area contributed by atoms with Crippen LogP contribution in [0.25, 0.3) is 0 Å². The van der Waals surface area contributed by atoms with Crippen molar-refractivity contribution < 1.29 is 9.15 Å². The highest BCUT2D eigenvalue weighted by molar-refractivity contribution is 5.48. The molecule has 0 bridgehead atoms. The van der Waals surface area contributed by atoms with Gasteiger partial charge in [-0.25, -0.2) is 0 Å². The summed E-state index contributed by atoms with van der Waals surface area (Å²) in [7, 11) is 0. The number of ether oxygens (including phenoxy) is 1. The summed E-state index contributed by atoms with van der Waals surface area (Å²) in [6.07, 6.45) is 0.987. The third kappa shape index (κ3) is 3.78. The smallest absolute Gasteiger partial charge is 0.203 e. The number of benzene rings is 1. The number of nitrogens with zero attached hydrogens (tertiary/aromatic N) is 1. The van der Waals surface area contributed by atoms with Crippen LogP contribution >= 0.6 is 0 Å². The molecule has 1 aromatic carbocycles. The van der Waals surface area contributed by atoms with Gasteiger partial charge >= 0.3 is 0 Å². The van der Waals surface area contributed by atoms with Crippen LogP contribution in [0.15, 0.2) is 40.8 Å². The van der Waals surface area contributed by atoms with Gasteiger partial charge in [-0.2, -0.15) is 5.26 Å². The maximum Gasteiger partial charge on any atom is 0.203 e. The standard InChI is InChI=1S/C15H16N2O2/c1-2-8-18-13-5-3-4-12(9-13)17-11-15-7-6-14(10-16)19-15/h3-7,9,17H,2,8,11H2,1H3. The summed E-state index contributed by atoms with van der Waals surface area (Å²) in [5, 5.41) is 11.9. The number of hydrogen-bond donors (Lipinski definition) is 1. The first kappa shape index (κ1) is 13.0. The zero-order chi connectivity index (χ0) is 13.5. The second-order valence-corrected chi connectivity index (χ2v) is 4.11. The van der Waals surface area contributed by atoms with Crippen LogP contribution in [0.3, 0.4) is 0 Å². The molecule has 0 aliphatic carbocycles. The van der Waals surface area contributed by atoms with E-state index in [9.17, 15) is 0 Å². The third-order valence-corrected chi connectivity index (χ3v) is 2.55. The lowest BCUT2D eigenvalue weighted by Gasteiger charge is -2.08. The van der Waals surface area contributed by atoms with Crippen molar-refractivity contribution in [1.82, 2.24) is 0 Å². The minimum absolute atomic E-state index is 0.330. The van der Waals surface area contributed by atoms with E-state index in [1.807, 2.05) is 30.3 Å². The van der Waals surface area contributed by atoms with Gasteiger partial charge in [0.2, 0.25) is 5.76 Å². The maximum absolute atomic E-state index is 8.67. The zero-order valence-corrected chi connectivity index (χ0v) is 10.8. The summed E-state index contributed by atoms with van der Waals surface area (Å²) in [5.74, 6) is 1.91. The molecule has 0 fully saturated rings. The van der Waals surface area contributed by atoms with Crippen molar-refractivity contribution in [2.24, 2.45) is 0 Å². The van der Waals surface area contributed by atoms with E-state index in [-0.39, 0.29) is 0 Å².